The van der Waals surface area contributed by atoms with Crippen LogP contribution in [-0.4, -0.2) is 0 Å². The number of rotatable bonds is 7. The lowest BCUT2D eigenvalue weighted by atomic mass is 9.67. The highest BCUT2D eigenvalue weighted by molar-refractivity contribution is 6.11. The fourth-order valence-electron chi connectivity index (χ4n) is 11.6. The second kappa shape index (κ2) is 14.9. The second-order valence-corrected chi connectivity index (χ2v) is 18.5. The highest BCUT2D eigenvalue weighted by atomic mass is 19.1. The average molecular weight is 862 g/mol. The van der Waals surface area contributed by atoms with Gasteiger partial charge in [0.05, 0.1) is 5.41 Å². The van der Waals surface area contributed by atoms with Crippen molar-refractivity contribution in [3.63, 3.8) is 0 Å². The molecule has 0 aliphatic heterocycles. The van der Waals surface area contributed by atoms with Gasteiger partial charge in [-0.2, -0.15) is 0 Å². The average Bonchev–Trinajstić information content (AvgIpc) is 3.98. The maximum Gasteiger partial charge on any atom is 0.143 e. The van der Waals surface area contributed by atoms with Crippen molar-refractivity contribution in [3.8, 4) is 44.5 Å². The third-order valence-corrected chi connectivity index (χ3v) is 14.6. The molecular weight excluding hydrogens is 818 g/mol. The summed E-state index contributed by atoms with van der Waals surface area (Å²) in [5.74, 6) is -0.298. The maximum atomic E-state index is 16.9. The molecule has 13 rings (SSSR count). The summed E-state index contributed by atoms with van der Waals surface area (Å²) in [5, 5.41) is 2.04. The molecule has 3 heteroatoms. The third-order valence-electron chi connectivity index (χ3n) is 14.6. The smallest absolute Gasteiger partial charge is 0.143 e. The van der Waals surface area contributed by atoms with E-state index >= 15 is 4.39 Å². The van der Waals surface area contributed by atoms with Crippen LogP contribution in [0, 0.1) is 5.82 Å². The van der Waals surface area contributed by atoms with E-state index in [2.05, 4.69) is 219 Å². The first kappa shape index (κ1) is 39.1. The van der Waals surface area contributed by atoms with Crippen molar-refractivity contribution in [2.75, 3.05) is 4.90 Å². The van der Waals surface area contributed by atoms with Crippen molar-refractivity contribution < 1.29 is 8.81 Å². The van der Waals surface area contributed by atoms with Crippen LogP contribution in [-0.2, 0) is 10.8 Å². The van der Waals surface area contributed by atoms with Gasteiger partial charge in [0.15, 0.2) is 0 Å². The van der Waals surface area contributed by atoms with E-state index in [0.717, 1.165) is 89.1 Å². The Morgan fingerprint density at radius 2 is 0.940 bits per heavy atom. The molecule has 318 valence electrons. The van der Waals surface area contributed by atoms with E-state index in [4.69, 9.17) is 4.42 Å². The van der Waals surface area contributed by atoms with Gasteiger partial charge in [0.25, 0.3) is 0 Å². The maximum absolute atomic E-state index is 16.9. The molecule has 67 heavy (non-hydrogen) atoms. The number of halogens is 1. The molecule has 0 saturated heterocycles. The zero-order valence-electron chi connectivity index (χ0n) is 37.2. The van der Waals surface area contributed by atoms with Gasteiger partial charge in [-0.05, 0) is 127 Å². The van der Waals surface area contributed by atoms with Gasteiger partial charge >= 0.3 is 0 Å². The molecule has 1 heterocycles. The van der Waals surface area contributed by atoms with E-state index in [1.165, 1.54) is 27.8 Å². The number of furan rings is 1. The molecule has 2 aliphatic rings. The highest BCUT2D eigenvalue weighted by Crippen LogP contribution is 2.60. The van der Waals surface area contributed by atoms with Gasteiger partial charge in [-0.15, -0.1) is 0 Å². The second-order valence-electron chi connectivity index (χ2n) is 18.5. The van der Waals surface area contributed by atoms with Crippen LogP contribution in [0.2, 0.25) is 0 Å². The van der Waals surface area contributed by atoms with E-state index in [-0.39, 0.29) is 11.2 Å². The van der Waals surface area contributed by atoms with Gasteiger partial charge in [-0.25, -0.2) is 4.39 Å². The Balaban J connectivity index is 1.09. The monoisotopic (exact) mass is 861 g/mol. The zero-order valence-corrected chi connectivity index (χ0v) is 37.2. The normalized spacial score (nSPS) is 13.8. The first-order valence-electron chi connectivity index (χ1n) is 23.1. The highest BCUT2D eigenvalue weighted by Gasteiger charge is 2.48. The van der Waals surface area contributed by atoms with E-state index in [1.807, 2.05) is 18.2 Å². The number of benzene rings is 10. The van der Waals surface area contributed by atoms with Gasteiger partial charge in [0.1, 0.15) is 17.0 Å². The minimum Gasteiger partial charge on any atom is -0.455 e. The lowest BCUT2D eigenvalue weighted by Crippen LogP contribution is -2.29. The van der Waals surface area contributed by atoms with Crippen molar-refractivity contribution in [1.29, 1.82) is 0 Å². The summed E-state index contributed by atoms with van der Waals surface area (Å²) in [6.07, 6.45) is 0. The number of anilines is 3. The number of fused-ring (bicyclic) bond motifs is 9. The van der Waals surface area contributed by atoms with Crippen molar-refractivity contribution >= 4 is 39.0 Å². The molecule has 1 aromatic heterocycles. The Kier molecular flexibility index (Phi) is 8.69. The molecule has 0 radical (unpaired) electrons. The molecule has 2 nitrogen and oxygen atoms in total. The van der Waals surface area contributed by atoms with Crippen LogP contribution in [0.3, 0.4) is 0 Å². The molecule has 0 atom stereocenters. The summed E-state index contributed by atoms with van der Waals surface area (Å²) < 4.78 is 23.6. The van der Waals surface area contributed by atoms with Crippen LogP contribution in [0.25, 0.3) is 66.4 Å². The SMILES string of the molecule is CC1(C)c2ccccc2-c2ccc(N(c3ccc(-c4ccccc4)cc3)c3ccc4c(c3)C(c3ccccc3)(c3ccccc3)c3cc(F)cc(-c5cccc6c5oc5ccccc56)c3-4)cc21. The Bertz CT molecular complexity index is 3680. The van der Waals surface area contributed by atoms with Crippen molar-refractivity contribution in [3.05, 3.63) is 270 Å². The van der Waals surface area contributed by atoms with Crippen LogP contribution in [0.5, 0.6) is 0 Å². The van der Waals surface area contributed by atoms with Crippen LogP contribution in [0.1, 0.15) is 47.2 Å². The molecule has 10 aromatic carbocycles. The standard InChI is InChI=1S/C64H44FNO/c1-63(2)56-27-14-12-23-49(56)50-35-33-47(39-57(50)63)66(46-31-29-42(30-32-46)41-17-6-3-7-18-41)48-34-36-54-58(40-48)64(43-19-8-4-9-20-43,44-21-10-5-11-22-44)59-38-45(65)37-55(61(54)59)53-26-16-25-52-51-24-13-15-28-60(51)67-62(52)53/h3-40H,1-2H3. The fraction of sp³-hybridized carbons (Fsp3) is 0.0625. The first-order chi connectivity index (χ1) is 32.9. The van der Waals surface area contributed by atoms with Crippen LogP contribution >= 0.6 is 0 Å². The Morgan fingerprint density at radius 1 is 0.388 bits per heavy atom. The number of hydrogen-bond donors (Lipinski definition) is 0. The fourth-order valence-corrected chi connectivity index (χ4v) is 11.6. The summed E-state index contributed by atoms with van der Waals surface area (Å²) in [4.78, 5) is 2.40. The summed E-state index contributed by atoms with van der Waals surface area (Å²) in [7, 11) is 0. The predicted octanol–water partition coefficient (Wildman–Crippen LogP) is 17.2. The molecule has 11 aromatic rings. The molecular formula is C64H44FNO. The largest absolute Gasteiger partial charge is 0.455 e. The van der Waals surface area contributed by atoms with Gasteiger partial charge in [0, 0.05) is 38.8 Å². The predicted molar refractivity (Wildman–Crippen MR) is 274 cm³/mol. The molecule has 0 amide bonds. The summed E-state index contributed by atoms with van der Waals surface area (Å²) in [6.45, 7) is 4.67. The molecule has 0 spiro atoms. The molecule has 2 aliphatic carbocycles. The van der Waals surface area contributed by atoms with Gasteiger partial charge in [-0.1, -0.05) is 190 Å². The number of para-hydroxylation sites is 2. The Hall–Kier alpha value is -8.27. The number of hydrogen-bond acceptors (Lipinski definition) is 2. The van der Waals surface area contributed by atoms with Crippen molar-refractivity contribution in [2.24, 2.45) is 0 Å². The zero-order chi connectivity index (χ0) is 44.9. The summed E-state index contributed by atoms with van der Waals surface area (Å²) >= 11 is 0. The van der Waals surface area contributed by atoms with Crippen LogP contribution < -0.4 is 4.90 Å². The lowest BCUT2D eigenvalue weighted by Gasteiger charge is -2.35. The van der Waals surface area contributed by atoms with Crippen LogP contribution in [0.15, 0.2) is 235 Å². The Labute approximate surface area is 389 Å². The van der Waals surface area contributed by atoms with Gasteiger partial charge < -0.3 is 9.32 Å². The minimum atomic E-state index is -0.883. The first-order valence-corrected chi connectivity index (χ1v) is 23.1. The van der Waals surface area contributed by atoms with Crippen LogP contribution in [0.4, 0.5) is 21.5 Å². The van der Waals surface area contributed by atoms with E-state index in [0.29, 0.717) is 0 Å². The summed E-state index contributed by atoms with van der Waals surface area (Å²) in [5.41, 5.74) is 18.9. The molecule has 0 unspecified atom stereocenters. The van der Waals surface area contributed by atoms with Gasteiger partial charge in [0.2, 0.25) is 0 Å². The third kappa shape index (κ3) is 5.81. The summed E-state index contributed by atoms with van der Waals surface area (Å²) in [6, 6.07) is 81.3. The van der Waals surface area contributed by atoms with E-state index in [1.54, 1.807) is 12.1 Å². The molecule has 0 bridgehead atoms. The van der Waals surface area contributed by atoms with E-state index < -0.39 is 5.41 Å². The van der Waals surface area contributed by atoms with Gasteiger partial charge in [-0.3, -0.25) is 0 Å². The molecule has 0 N–H and O–H groups in total. The van der Waals surface area contributed by atoms with Crippen molar-refractivity contribution in [1.82, 2.24) is 0 Å². The quantitative estimate of drug-likeness (QED) is 0.159. The van der Waals surface area contributed by atoms with Crippen molar-refractivity contribution in [2.45, 2.75) is 24.7 Å². The topological polar surface area (TPSA) is 16.4 Å². The lowest BCUT2D eigenvalue weighted by molar-refractivity contribution is 0.622. The van der Waals surface area contributed by atoms with E-state index in [9.17, 15) is 0 Å². The molecule has 0 fully saturated rings. The molecule has 0 saturated carbocycles. The number of nitrogens with zero attached hydrogens (tertiary/aromatic N) is 1. The Morgan fingerprint density at radius 3 is 1.67 bits per heavy atom. The minimum absolute atomic E-state index is 0.191.